The summed E-state index contributed by atoms with van der Waals surface area (Å²) in [6.07, 6.45) is 3.91. The van der Waals surface area contributed by atoms with E-state index in [4.69, 9.17) is 4.74 Å². The van der Waals surface area contributed by atoms with Crippen LogP contribution in [0.5, 0.6) is 0 Å². The van der Waals surface area contributed by atoms with Crippen molar-refractivity contribution in [3.63, 3.8) is 0 Å². The van der Waals surface area contributed by atoms with Crippen molar-refractivity contribution in [3.05, 3.63) is 21.5 Å². The van der Waals surface area contributed by atoms with E-state index in [2.05, 4.69) is 43.7 Å². The molecule has 0 unspecified atom stereocenters. The number of carbonyl (C=O) groups is 4. The van der Waals surface area contributed by atoms with Gasteiger partial charge in [0.2, 0.25) is 11.8 Å². The SMILES string of the molecule is C[C@H](C(=O)NCC(=O)NCCc1nc(-c2nc(C(=O)NCCC[S+](C)C)cs2)cs1)[C@H](O)[C@@H](C)NC(=O)OC(C)(C)C.[I-]. The number of halogens is 1. The summed E-state index contributed by atoms with van der Waals surface area (Å²) in [6.45, 7) is 8.93. The van der Waals surface area contributed by atoms with Crippen LogP contribution in [0.25, 0.3) is 10.7 Å². The number of hydrogen-bond acceptors (Lipinski definition) is 10. The quantitative estimate of drug-likeness (QED) is 0.0869. The highest BCUT2D eigenvalue weighted by Crippen LogP contribution is 2.25. The van der Waals surface area contributed by atoms with Gasteiger partial charge in [-0.15, -0.1) is 22.7 Å². The fourth-order valence-electron chi connectivity index (χ4n) is 3.54. The van der Waals surface area contributed by atoms with Crippen molar-refractivity contribution in [2.24, 2.45) is 5.92 Å². The van der Waals surface area contributed by atoms with E-state index < -0.39 is 35.7 Å². The second-order valence-corrected chi connectivity index (χ2v) is 15.2. The zero-order valence-electron chi connectivity index (χ0n) is 25.6. The van der Waals surface area contributed by atoms with Gasteiger partial charge < -0.3 is 55.1 Å². The number of amides is 4. The average Bonchev–Trinajstić information content (AvgIpc) is 3.57. The number of carbonyl (C=O) groups excluding carboxylic acids is 4. The Kier molecular flexibility index (Phi) is 17.0. The lowest BCUT2D eigenvalue weighted by atomic mass is 9.98. The summed E-state index contributed by atoms with van der Waals surface area (Å²) in [4.78, 5) is 57.9. The third-order valence-corrected chi connectivity index (χ3v) is 8.67. The summed E-state index contributed by atoms with van der Waals surface area (Å²) in [7, 11) is 0.355. The number of nitrogens with one attached hydrogen (secondary N) is 4. The van der Waals surface area contributed by atoms with Crippen molar-refractivity contribution in [2.75, 3.05) is 37.9 Å². The van der Waals surface area contributed by atoms with Gasteiger partial charge in [-0.25, -0.2) is 14.8 Å². The zero-order valence-corrected chi connectivity index (χ0v) is 30.2. The number of rotatable bonds is 15. The minimum atomic E-state index is -1.18. The normalized spacial score (nSPS) is 13.3. The Hall–Kier alpha value is -2.02. The van der Waals surface area contributed by atoms with Crippen LogP contribution in [-0.2, 0) is 31.6 Å². The molecule has 0 aliphatic heterocycles. The van der Waals surface area contributed by atoms with Crippen LogP contribution in [0.4, 0.5) is 4.79 Å². The maximum absolute atomic E-state index is 12.4. The number of thiazole rings is 2. The van der Waals surface area contributed by atoms with Gasteiger partial charge in [0.15, 0.2) is 0 Å². The molecule has 0 saturated carbocycles. The molecule has 12 nitrogen and oxygen atoms in total. The summed E-state index contributed by atoms with van der Waals surface area (Å²) in [6, 6.07) is -0.745. The first-order valence-corrected chi connectivity index (χ1v) is 17.6. The van der Waals surface area contributed by atoms with Crippen molar-refractivity contribution >= 4 is 57.4 Å². The lowest BCUT2D eigenvalue weighted by Crippen LogP contribution is -3.00. The molecule has 0 fully saturated rings. The molecule has 0 aliphatic rings. The number of aliphatic hydroxyl groups excluding tert-OH is 1. The molecule has 4 amide bonds. The third-order valence-electron chi connectivity index (χ3n) is 5.79. The molecule has 0 saturated heterocycles. The van der Waals surface area contributed by atoms with Gasteiger partial charge in [0, 0.05) is 36.7 Å². The maximum Gasteiger partial charge on any atom is 0.407 e. The number of hydrogen-bond donors (Lipinski definition) is 5. The van der Waals surface area contributed by atoms with Gasteiger partial charge in [-0.3, -0.25) is 14.4 Å². The van der Waals surface area contributed by atoms with Crippen LogP contribution < -0.4 is 45.2 Å². The fourth-order valence-corrected chi connectivity index (χ4v) is 5.88. The van der Waals surface area contributed by atoms with Gasteiger partial charge in [-0.2, -0.15) is 0 Å². The Bertz CT molecular complexity index is 1200. The standard InChI is InChI=1S/C27H42N6O6S3.HI/c1-16(22(35)17(2)31-26(38)39-27(3,4)5)23(36)30-13-20(34)28-11-9-21-32-19(15-40-21)25-33-18(14-41-25)24(37)29-10-8-12-42(6)7;/h14-17,22,35H,8-13H2,1-7H3,(H3-,28,29,30,31,34,36,37,38);1H/t16-,17+,22-;/m0./s1. The first-order valence-electron chi connectivity index (χ1n) is 13.6. The van der Waals surface area contributed by atoms with Crippen LogP contribution >= 0.6 is 22.7 Å². The lowest BCUT2D eigenvalue weighted by Gasteiger charge is -2.27. The van der Waals surface area contributed by atoms with E-state index in [1.807, 2.05) is 5.38 Å². The largest absolute Gasteiger partial charge is 1.00 e. The summed E-state index contributed by atoms with van der Waals surface area (Å²) >= 11 is 2.79. The summed E-state index contributed by atoms with van der Waals surface area (Å²) in [5.41, 5.74) is 0.368. The van der Waals surface area contributed by atoms with Gasteiger partial charge >= 0.3 is 6.09 Å². The smallest absolute Gasteiger partial charge is 0.407 e. The molecular formula is C27H43IN6O6S3. The lowest BCUT2D eigenvalue weighted by molar-refractivity contribution is -0.131. The van der Waals surface area contributed by atoms with E-state index in [1.54, 1.807) is 33.1 Å². The zero-order chi connectivity index (χ0) is 31.4. The maximum atomic E-state index is 12.4. The third kappa shape index (κ3) is 14.5. The number of aromatic nitrogens is 2. The number of nitrogens with zero attached hydrogens (tertiary/aromatic N) is 2. The van der Waals surface area contributed by atoms with Crippen LogP contribution in [0, 0.1) is 5.92 Å². The highest BCUT2D eigenvalue weighted by molar-refractivity contribution is 7.95. The van der Waals surface area contributed by atoms with Gasteiger partial charge in [-0.1, -0.05) is 6.92 Å². The Balaban J connectivity index is 0.00000924. The van der Waals surface area contributed by atoms with Gasteiger partial charge in [0.1, 0.15) is 27.7 Å². The molecule has 2 aromatic rings. The molecule has 2 aromatic heterocycles. The minimum absolute atomic E-state index is 0. The highest BCUT2D eigenvalue weighted by Gasteiger charge is 2.29. The van der Waals surface area contributed by atoms with Gasteiger partial charge in [-0.05, 0) is 38.6 Å². The molecule has 43 heavy (non-hydrogen) atoms. The molecule has 0 spiro atoms. The van der Waals surface area contributed by atoms with E-state index in [9.17, 15) is 24.3 Å². The second-order valence-electron chi connectivity index (χ2n) is 11.0. The van der Waals surface area contributed by atoms with Crippen LogP contribution in [0.1, 0.15) is 56.5 Å². The van der Waals surface area contributed by atoms with E-state index in [-0.39, 0.29) is 42.3 Å². The number of alkyl carbamates (subject to hydrolysis) is 1. The van der Waals surface area contributed by atoms with E-state index >= 15 is 0 Å². The molecule has 2 rings (SSSR count). The van der Waals surface area contributed by atoms with Crippen LogP contribution in [-0.4, -0.2) is 94.5 Å². The topological polar surface area (TPSA) is 172 Å². The monoisotopic (exact) mass is 770 g/mol. The Morgan fingerprint density at radius 2 is 1.72 bits per heavy atom. The van der Waals surface area contributed by atoms with Crippen LogP contribution in [0.15, 0.2) is 10.8 Å². The molecule has 0 aromatic carbocycles. The predicted octanol–water partition coefficient (Wildman–Crippen LogP) is -1.05. The van der Waals surface area contributed by atoms with E-state index in [0.717, 1.165) is 17.2 Å². The molecule has 0 aliphatic carbocycles. The molecule has 0 radical (unpaired) electrons. The van der Waals surface area contributed by atoms with Gasteiger partial charge in [0.05, 0.1) is 42.1 Å². The second kappa shape index (κ2) is 18.7. The summed E-state index contributed by atoms with van der Waals surface area (Å²) in [5.74, 6) is -0.887. The van der Waals surface area contributed by atoms with E-state index in [1.165, 1.54) is 29.6 Å². The van der Waals surface area contributed by atoms with Crippen molar-refractivity contribution < 1.29 is 53.0 Å². The molecular weight excluding hydrogens is 727 g/mol. The molecule has 242 valence electrons. The Labute approximate surface area is 281 Å². The molecule has 5 N–H and O–H groups in total. The number of ether oxygens (including phenoxy) is 1. The van der Waals surface area contributed by atoms with Crippen molar-refractivity contribution in [1.82, 2.24) is 31.2 Å². The first-order chi connectivity index (χ1) is 19.7. The van der Waals surface area contributed by atoms with Crippen molar-refractivity contribution in [2.45, 2.75) is 65.2 Å². The van der Waals surface area contributed by atoms with Crippen LogP contribution in [0.3, 0.4) is 0 Å². The average molecular weight is 771 g/mol. The minimum Gasteiger partial charge on any atom is -1.00 e. The summed E-state index contributed by atoms with van der Waals surface area (Å²) in [5, 5.41) is 26.2. The van der Waals surface area contributed by atoms with E-state index in [0.29, 0.717) is 46.8 Å². The Morgan fingerprint density at radius 1 is 1.02 bits per heavy atom. The van der Waals surface area contributed by atoms with Crippen molar-refractivity contribution in [3.8, 4) is 10.7 Å². The fraction of sp³-hybridized carbons (Fsp3) is 0.630. The molecule has 2 heterocycles. The highest BCUT2D eigenvalue weighted by atomic mass is 127. The van der Waals surface area contributed by atoms with Gasteiger partial charge in [0.25, 0.3) is 5.91 Å². The molecule has 0 bridgehead atoms. The predicted molar refractivity (Wildman–Crippen MR) is 168 cm³/mol. The summed E-state index contributed by atoms with van der Waals surface area (Å²) < 4.78 is 5.17. The Morgan fingerprint density at radius 3 is 2.37 bits per heavy atom. The molecule has 16 heteroatoms. The first kappa shape index (κ1) is 39.0. The number of aliphatic hydroxyl groups is 1. The van der Waals surface area contributed by atoms with Crippen LogP contribution in [0.2, 0.25) is 0 Å². The molecule has 3 atom stereocenters. The van der Waals surface area contributed by atoms with Crippen molar-refractivity contribution in [1.29, 1.82) is 0 Å².